The van der Waals surface area contributed by atoms with Crippen LogP contribution in [0.3, 0.4) is 0 Å². The zero-order valence-corrected chi connectivity index (χ0v) is 9.63. The topological polar surface area (TPSA) is 79.2 Å². The van der Waals surface area contributed by atoms with Crippen LogP contribution < -0.4 is 5.32 Å². The Balaban J connectivity index is 2.83. The van der Waals surface area contributed by atoms with E-state index in [1.807, 2.05) is 6.07 Å². The average Bonchev–Trinajstić information content (AvgIpc) is 2.74. The summed E-state index contributed by atoms with van der Waals surface area (Å²) in [4.78, 5) is 23.0. The largest absolute Gasteiger partial charge is 0.465 e. The van der Waals surface area contributed by atoms with Crippen LogP contribution in [0.1, 0.15) is 16.6 Å². The Morgan fingerprint density at radius 2 is 2.31 bits per heavy atom. The maximum absolute atomic E-state index is 11.4. The Morgan fingerprint density at radius 1 is 1.62 bits per heavy atom. The molecule has 1 heterocycles. The van der Waals surface area contributed by atoms with E-state index in [-0.39, 0.29) is 0 Å². The third kappa shape index (κ3) is 2.58. The summed E-state index contributed by atoms with van der Waals surface area (Å²) in [7, 11) is 1.27. The lowest BCUT2D eigenvalue weighted by atomic mass is 10.2. The number of hydrogen-bond acceptors (Lipinski definition) is 5. The molecular formula is C10H10N2O3S. The van der Waals surface area contributed by atoms with Crippen molar-refractivity contribution < 1.29 is 14.3 Å². The molecule has 0 radical (unpaired) electrons. The summed E-state index contributed by atoms with van der Waals surface area (Å²) in [5.74, 6) is -1.70. The molecule has 0 aliphatic rings. The second-order valence-corrected chi connectivity index (χ2v) is 3.91. The van der Waals surface area contributed by atoms with Gasteiger partial charge >= 0.3 is 5.97 Å². The van der Waals surface area contributed by atoms with E-state index >= 15 is 0 Å². The Kier molecular flexibility index (Phi) is 4.03. The van der Waals surface area contributed by atoms with Crippen LogP contribution in [0.5, 0.6) is 0 Å². The molecule has 0 aromatic carbocycles. The van der Waals surface area contributed by atoms with Gasteiger partial charge in [0.05, 0.1) is 18.9 Å². The minimum atomic E-state index is -0.759. The number of nitrogens with one attached hydrogen (secondary N) is 1. The molecule has 1 amide bonds. The number of rotatable bonds is 3. The standard InChI is InChI=1S/C10H10N2O3S/c1-6(5-11)9(13)12-7-3-4-16-8(7)10(14)15-2/h3-4,6H,1-2H3,(H,12,13). The van der Waals surface area contributed by atoms with Crippen LogP contribution in [-0.2, 0) is 9.53 Å². The molecule has 0 bridgehead atoms. The number of amides is 1. The molecule has 84 valence electrons. The van der Waals surface area contributed by atoms with Gasteiger partial charge < -0.3 is 10.1 Å². The Labute approximate surface area is 96.6 Å². The molecule has 1 aromatic rings. The van der Waals surface area contributed by atoms with Crippen molar-refractivity contribution in [3.8, 4) is 6.07 Å². The minimum absolute atomic E-state index is 0.320. The van der Waals surface area contributed by atoms with E-state index in [4.69, 9.17) is 5.26 Å². The summed E-state index contributed by atoms with van der Waals surface area (Å²) in [6, 6.07) is 3.41. The van der Waals surface area contributed by atoms with Crippen LogP contribution in [0.4, 0.5) is 5.69 Å². The van der Waals surface area contributed by atoms with E-state index in [0.29, 0.717) is 10.6 Å². The lowest BCUT2D eigenvalue weighted by Crippen LogP contribution is -2.19. The number of ether oxygens (including phenoxy) is 1. The second kappa shape index (κ2) is 5.28. The monoisotopic (exact) mass is 238 g/mol. The molecule has 1 rings (SSSR count). The first-order chi connectivity index (χ1) is 7.60. The number of esters is 1. The van der Waals surface area contributed by atoms with Gasteiger partial charge in [0.1, 0.15) is 10.8 Å². The highest BCUT2D eigenvalue weighted by Crippen LogP contribution is 2.23. The minimum Gasteiger partial charge on any atom is -0.465 e. The van der Waals surface area contributed by atoms with Gasteiger partial charge in [-0.3, -0.25) is 4.79 Å². The first-order valence-corrected chi connectivity index (χ1v) is 5.34. The molecule has 0 saturated heterocycles. The molecule has 16 heavy (non-hydrogen) atoms. The third-order valence-corrected chi connectivity index (χ3v) is 2.78. The first-order valence-electron chi connectivity index (χ1n) is 4.46. The van der Waals surface area contributed by atoms with Gasteiger partial charge in [0.25, 0.3) is 0 Å². The zero-order chi connectivity index (χ0) is 12.1. The summed E-state index contributed by atoms with van der Waals surface area (Å²) in [6.45, 7) is 1.49. The van der Waals surface area contributed by atoms with E-state index in [0.717, 1.165) is 0 Å². The summed E-state index contributed by atoms with van der Waals surface area (Å²) >= 11 is 1.17. The third-order valence-electron chi connectivity index (χ3n) is 1.88. The Hall–Kier alpha value is -1.87. The molecule has 6 heteroatoms. The van der Waals surface area contributed by atoms with Crippen molar-refractivity contribution in [3.05, 3.63) is 16.3 Å². The van der Waals surface area contributed by atoms with E-state index < -0.39 is 17.8 Å². The maximum atomic E-state index is 11.4. The smallest absolute Gasteiger partial charge is 0.350 e. The number of anilines is 1. The van der Waals surface area contributed by atoms with Gasteiger partial charge in [-0.15, -0.1) is 11.3 Å². The number of nitriles is 1. The fourth-order valence-corrected chi connectivity index (χ4v) is 1.72. The summed E-state index contributed by atoms with van der Waals surface area (Å²) < 4.78 is 4.56. The van der Waals surface area contributed by atoms with Gasteiger partial charge in [-0.25, -0.2) is 4.79 Å². The van der Waals surface area contributed by atoms with Crippen molar-refractivity contribution >= 4 is 28.9 Å². The number of nitrogens with zero attached hydrogens (tertiary/aromatic N) is 1. The molecule has 0 saturated carbocycles. The van der Waals surface area contributed by atoms with Crippen LogP contribution in [0, 0.1) is 17.2 Å². The van der Waals surface area contributed by atoms with E-state index in [1.54, 1.807) is 11.4 Å². The summed E-state index contributed by atoms with van der Waals surface area (Å²) in [5.41, 5.74) is 0.379. The zero-order valence-electron chi connectivity index (χ0n) is 8.81. The van der Waals surface area contributed by atoms with Crippen LogP contribution in [0.2, 0.25) is 0 Å². The Morgan fingerprint density at radius 3 is 2.88 bits per heavy atom. The number of methoxy groups -OCH3 is 1. The fourth-order valence-electron chi connectivity index (χ4n) is 0.958. The lowest BCUT2D eigenvalue weighted by Gasteiger charge is -2.05. The van der Waals surface area contributed by atoms with Crippen LogP contribution in [-0.4, -0.2) is 19.0 Å². The van der Waals surface area contributed by atoms with Crippen LogP contribution in [0.25, 0.3) is 0 Å². The van der Waals surface area contributed by atoms with Gasteiger partial charge in [0.15, 0.2) is 0 Å². The van der Waals surface area contributed by atoms with E-state index in [1.165, 1.54) is 25.4 Å². The maximum Gasteiger partial charge on any atom is 0.350 e. The molecule has 1 atom stereocenters. The normalized spacial score (nSPS) is 11.3. The van der Waals surface area contributed by atoms with Gasteiger partial charge in [0.2, 0.25) is 5.91 Å². The van der Waals surface area contributed by atoms with Gasteiger partial charge in [0, 0.05) is 0 Å². The average molecular weight is 238 g/mol. The summed E-state index contributed by atoms with van der Waals surface area (Å²) in [5, 5.41) is 12.7. The number of thiophene rings is 1. The number of carbonyl (C=O) groups is 2. The molecule has 1 aromatic heterocycles. The molecule has 0 fully saturated rings. The van der Waals surface area contributed by atoms with Crippen molar-refractivity contribution in [2.24, 2.45) is 5.92 Å². The highest BCUT2D eigenvalue weighted by molar-refractivity contribution is 7.12. The van der Waals surface area contributed by atoms with Crippen LogP contribution >= 0.6 is 11.3 Å². The molecule has 0 spiro atoms. The first kappa shape index (κ1) is 12.2. The number of hydrogen-bond donors (Lipinski definition) is 1. The van der Waals surface area contributed by atoms with Crippen molar-refractivity contribution in [2.45, 2.75) is 6.92 Å². The van der Waals surface area contributed by atoms with Crippen molar-refractivity contribution in [1.29, 1.82) is 5.26 Å². The molecular weight excluding hydrogens is 228 g/mol. The quantitative estimate of drug-likeness (QED) is 0.812. The highest BCUT2D eigenvalue weighted by Gasteiger charge is 2.18. The van der Waals surface area contributed by atoms with Crippen molar-refractivity contribution in [2.75, 3.05) is 12.4 Å². The highest BCUT2D eigenvalue weighted by atomic mass is 32.1. The molecule has 1 unspecified atom stereocenters. The predicted octanol–water partition coefficient (Wildman–Crippen LogP) is 1.63. The van der Waals surface area contributed by atoms with Crippen molar-refractivity contribution in [1.82, 2.24) is 0 Å². The van der Waals surface area contributed by atoms with E-state index in [9.17, 15) is 9.59 Å². The second-order valence-electron chi connectivity index (χ2n) is 3.00. The van der Waals surface area contributed by atoms with Gasteiger partial charge in [-0.1, -0.05) is 0 Å². The molecule has 0 aliphatic carbocycles. The molecule has 0 aliphatic heterocycles. The van der Waals surface area contributed by atoms with Crippen LogP contribution in [0.15, 0.2) is 11.4 Å². The molecule has 1 N–H and O–H groups in total. The van der Waals surface area contributed by atoms with Gasteiger partial charge in [-0.05, 0) is 18.4 Å². The van der Waals surface area contributed by atoms with Crippen molar-refractivity contribution in [3.63, 3.8) is 0 Å². The fraction of sp³-hybridized carbons (Fsp3) is 0.300. The Bertz CT molecular complexity index is 447. The summed E-state index contributed by atoms with van der Waals surface area (Å²) in [6.07, 6.45) is 0. The number of carbonyl (C=O) groups excluding carboxylic acids is 2. The van der Waals surface area contributed by atoms with E-state index in [2.05, 4.69) is 10.1 Å². The SMILES string of the molecule is COC(=O)c1sccc1NC(=O)C(C)C#N. The molecule has 5 nitrogen and oxygen atoms in total. The van der Waals surface area contributed by atoms with Gasteiger partial charge in [-0.2, -0.15) is 5.26 Å². The lowest BCUT2D eigenvalue weighted by molar-refractivity contribution is -0.117. The predicted molar refractivity (Wildman–Crippen MR) is 59.1 cm³/mol.